The topological polar surface area (TPSA) is 102 Å². The Bertz CT molecular complexity index is 797. The highest BCUT2D eigenvalue weighted by molar-refractivity contribution is 7.77. The number of rotatable bonds is 8. The van der Waals surface area contributed by atoms with Crippen LogP contribution in [0.5, 0.6) is 0 Å². The molecular formula is C12H14ClF2N5O3S. The van der Waals surface area contributed by atoms with Crippen LogP contribution in [0.25, 0.3) is 5.69 Å². The van der Waals surface area contributed by atoms with Crippen LogP contribution in [0.2, 0.25) is 5.02 Å². The second-order valence-electron chi connectivity index (χ2n) is 4.73. The first kappa shape index (κ1) is 18.6. The maximum Gasteiger partial charge on any atom is 0.368 e. The molecule has 24 heavy (non-hydrogen) atoms. The molecule has 0 bridgehead atoms. The van der Waals surface area contributed by atoms with Crippen molar-refractivity contribution in [2.24, 2.45) is 0 Å². The quantitative estimate of drug-likeness (QED) is 0.660. The molecule has 1 heterocycles. The number of halogens is 3. The zero-order valence-electron chi connectivity index (χ0n) is 12.3. The van der Waals surface area contributed by atoms with E-state index in [1.54, 1.807) is 0 Å². The van der Waals surface area contributed by atoms with E-state index in [9.17, 15) is 17.8 Å². The molecule has 0 aliphatic carbocycles. The maximum atomic E-state index is 14.1. The lowest BCUT2D eigenvalue weighted by molar-refractivity contribution is 0.427. The summed E-state index contributed by atoms with van der Waals surface area (Å²) in [5, 5.41) is 7.27. The SMILES string of the molecule is O=c1n(CCCF)nnn1-c1cc(CCNS(=O)O)c(Cl)cc1F. The molecule has 1 unspecified atom stereocenters. The fourth-order valence-corrected chi connectivity index (χ4v) is 2.50. The third kappa shape index (κ3) is 4.44. The van der Waals surface area contributed by atoms with E-state index >= 15 is 0 Å². The van der Waals surface area contributed by atoms with Crippen LogP contribution in [0.15, 0.2) is 16.9 Å². The van der Waals surface area contributed by atoms with Gasteiger partial charge >= 0.3 is 5.69 Å². The average molecular weight is 382 g/mol. The smallest absolute Gasteiger partial charge is 0.294 e. The van der Waals surface area contributed by atoms with Gasteiger partial charge in [0.2, 0.25) is 11.3 Å². The van der Waals surface area contributed by atoms with Crippen LogP contribution in [-0.2, 0) is 24.2 Å². The Morgan fingerprint density at radius 1 is 1.38 bits per heavy atom. The molecule has 0 fully saturated rings. The van der Waals surface area contributed by atoms with Gasteiger partial charge in [0.05, 0.1) is 13.2 Å². The number of tetrazole rings is 1. The maximum absolute atomic E-state index is 14.1. The van der Waals surface area contributed by atoms with Gasteiger partial charge in [-0.1, -0.05) is 11.6 Å². The van der Waals surface area contributed by atoms with Crippen molar-refractivity contribution < 1.29 is 17.5 Å². The van der Waals surface area contributed by atoms with E-state index in [0.29, 0.717) is 5.56 Å². The Kier molecular flexibility index (Phi) is 6.54. The Morgan fingerprint density at radius 3 is 2.79 bits per heavy atom. The second kappa shape index (κ2) is 8.42. The van der Waals surface area contributed by atoms with E-state index in [1.807, 2.05) is 0 Å². The molecule has 1 aromatic carbocycles. The molecule has 0 aliphatic heterocycles. The predicted molar refractivity (Wildman–Crippen MR) is 83.7 cm³/mol. The van der Waals surface area contributed by atoms with E-state index in [-0.39, 0.29) is 36.6 Å². The first-order valence-corrected chi connectivity index (χ1v) is 8.34. The highest BCUT2D eigenvalue weighted by atomic mass is 35.5. The summed E-state index contributed by atoms with van der Waals surface area (Å²) in [7, 11) is 0. The van der Waals surface area contributed by atoms with Gasteiger partial charge in [-0.3, -0.25) is 8.94 Å². The highest BCUT2D eigenvalue weighted by Gasteiger charge is 2.16. The Hall–Kier alpha value is -1.69. The van der Waals surface area contributed by atoms with Gasteiger partial charge in [0.1, 0.15) is 5.69 Å². The summed E-state index contributed by atoms with van der Waals surface area (Å²) in [5.74, 6) is -0.776. The van der Waals surface area contributed by atoms with E-state index in [2.05, 4.69) is 15.1 Å². The fraction of sp³-hybridized carbons (Fsp3) is 0.417. The Balaban J connectivity index is 2.31. The third-order valence-electron chi connectivity index (χ3n) is 3.11. The zero-order valence-corrected chi connectivity index (χ0v) is 13.9. The second-order valence-corrected chi connectivity index (χ2v) is 5.92. The van der Waals surface area contributed by atoms with Crippen molar-refractivity contribution in [3.05, 3.63) is 39.0 Å². The largest absolute Gasteiger partial charge is 0.368 e. The van der Waals surface area contributed by atoms with Gasteiger partial charge < -0.3 is 0 Å². The van der Waals surface area contributed by atoms with Gasteiger partial charge in [-0.2, -0.15) is 9.36 Å². The molecule has 2 aromatic rings. The molecule has 2 rings (SSSR count). The van der Waals surface area contributed by atoms with Gasteiger partial charge in [-0.15, -0.1) is 0 Å². The molecule has 1 atom stereocenters. The van der Waals surface area contributed by atoms with Gasteiger partial charge in [0, 0.05) is 11.6 Å². The van der Waals surface area contributed by atoms with Crippen molar-refractivity contribution in [3.8, 4) is 5.69 Å². The van der Waals surface area contributed by atoms with Crippen molar-refractivity contribution in [2.45, 2.75) is 19.4 Å². The molecular weight excluding hydrogens is 368 g/mol. The number of hydrogen-bond donors (Lipinski definition) is 2. The summed E-state index contributed by atoms with van der Waals surface area (Å²) in [4.78, 5) is 12.1. The zero-order chi connectivity index (χ0) is 17.7. The van der Waals surface area contributed by atoms with E-state index < -0.39 is 29.4 Å². The predicted octanol–water partition coefficient (Wildman–Crippen LogP) is 0.850. The van der Waals surface area contributed by atoms with Crippen LogP contribution >= 0.6 is 11.6 Å². The average Bonchev–Trinajstić information content (AvgIpc) is 2.88. The number of alkyl halides is 1. The monoisotopic (exact) mass is 381 g/mol. The summed E-state index contributed by atoms with van der Waals surface area (Å²) in [6.45, 7) is -0.465. The summed E-state index contributed by atoms with van der Waals surface area (Å²) in [5.41, 5.74) is -0.405. The van der Waals surface area contributed by atoms with E-state index in [0.717, 1.165) is 15.4 Å². The van der Waals surface area contributed by atoms with Crippen LogP contribution in [0.1, 0.15) is 12.0 Å². The number of aryl methyl sites for hydroxylation is 1. The van der Waals surface area contributed by atoms with Crippen LogP contribution in [0, 0.1) is 5.82 Å². The molecule has 8 nitrogen and oxygen atoms in total. The molecule has 1 aromatic heterocycles. The van der Waals surface area contributed by atoms with Crippen LogP contribution in [0.3, 0.4) is 0 Å². The lowest BCUT2D eigenvalue weighted by Gasteiger charge is -2.08. The minimum atomic E-state index is -2.17. The summed E-state index contributed by atoms with van der Waals surface area (Å²) < 4.78 is 49.5. The number of aromatic nitrogens is 4. The Labute approximate surface area is 142 Å². The minimum Gasteiger partial charge on any atom is -0.294 e. The standard InChI is InChI=1S/C12H14ClF2N5O3S/c13-9-7-10(15)11(6-8(9)2-4-16-24(22)23)20-12(21)19(17-18-20)5-1-3-14/h6-7,16H,1-5H2,(H,22,23). The van der Waals surface area contributed by atoms with Crippen molar-refractivity contribution in [1.29, 1.82) is 0 Å². The van der Waals surface area contributed by atoms with E-state index in [1.165, 1.54) is 6.07 Å². The minimum absolute atomic E-state index is 0.0314. The van der Waals surface area contributed by atoms with Gasteiger partial charge in [-0.25, -0.2) is 18.1 Å². The third-order valence-corrected chi connectivity index (χ3v) is 3.91. The van der Waals surface area contributed by atoms with Crippen molar-refractivity contribution in [2.75, 3.05) is 13.2 Å². The lowest BCUT2D eigenvalue weighted by Crippen LogP contribution is -2.25. The van der Waals surface area contributed by atoms with Crippen molar-refractivity contribution in [3.63, 3.8) is 0 Å². The molecule has 0 aliphatic rings. The summed E-state index contributed by atoms with van der Waals surface area (Å²) >= 11 is 3.77. The number of nitrogens with zero attached hydrogens (tertiary/aromatic N) is 4. The number of nitrogens with one attached hydrogen (secondary N) is 1. The van der Waals surface area contributed by atoms with Gasteiger partial charge in [-0.05, 0) is 41.0 Å². The molecule has 12 heteroatoms. The first-order chi connectivity index (χ1) is 11.4. The highest BCUT2D eigenvalue weighted by Crippen LogP contribution is 2.22. The molecule has 0 saturated carbocycles. The fourth-order valence-electron chi connectivity index (χ4n) is 1.98. The van der Waals surface area contributed by atoms with Crippen LogP contribution in [0.4, 0.5) is 8.78 Å². The summed E-state index contributed by atoms with van der Waals surface area (Å²) in [6, 6.07) is 2.34. The number of benzene rings is 1. The van der Waals surface area contributed by atoms with Crippen LogP contribution in [-0.4, -0.2) is 41.8 Å². The summed E-state index contributed by atoms with van der Waals surface area (Å²) in [6.07, 6.45) is 0.320. The van der Waals surface area contributed by atoms with E-state index in [4.69, 9.17) is 16.2 Å². The Morgan fingerprint density at radius 2 is 2.12 bits per heavy atom. The lowest BCUT2D eigenvalue weighted by atomic mass is 10.1. The van der Waals surface area contributed by atoms with Gasteiger partial charge in [0.15, 0.2) is 5.82 Å². The number of hydrogen-bond acceptors (Lipinski definition) is 4. The van der Waals surface area contributed by atoms with Crippen molar-refractivity contribution in [1.82, 2.24) is 24.5 Å². The normalized spacial score (nSPS) is 12.5. The first-order valence-electron chi connectivity index (χ1n) is 6.85. The van der Waals surface area contributed by atoms with Crippen molar-refractivity contribution >= 4 is 22.9 Å². The molecule has 0 radical (unpaired) electrons. The molecule has 132 valence electrons. The van der Waals surface area contributed by atoms with Gasteiger partial charge in [0.25, 0.3) is 0 Å². The molecule has 2 N–H and O–H groups in total. The van der Waals surface area contributed by atoms with Crippen LogP contribution < -0.4 is 10.4 Å². The molecule has 0 saturated heterocycles. The molecule has 0 amide bonds. The molecule has 0 spiro atoms.